The highest BCUT2D eigenvalue weighted by molar-refractivity contribution is 7.26. The van der Waals surface area contributed by atoms with Crippen LogP contribution in [0.4, 0.5) is 5.82 Å². The van der Waals surface area contributed by atoms with Gasteiger partial charge in [-0.05, 0) is 29.2 Å². The molecule has 0 spiro atoms. The molecule has 0 saturated heterocycles. The number of anilines is 1. The molecule has 1 aliphatic rings. The van der Waals surface area contributed by atoms with Crippen molar-refractivity contribution in [3.05, 3.63) is 58.0 Å². The van der Waals surface area contributed by atoms with Crippen molar-refractivity contribution in [3.8, 4) is 0 Å². The fourth-order valence-corrected chi connectivity index (χ4v) is 4.57. The SMILES string of the molecule is Cc1c(Cl)cnc2sc3c(NCc4ccc5c(c4)COC5)ncnc3c12. The molecule has 1 aliphatic heterocycles. The fraction of sp³-hybridized carbons (Fsp3) is 0.211. The summed E-state index contributed by atoms with van der Waals surface area (Å²) in [7, 11) is 0. The molecule has 5 nitrogen and oxygen atoms in total. The van der Waals surface area contributed by atoms with Gasteiger partial charge < -0.3 is 10.1 Å². The summed E-state index contributed by atoms with van der Waals surface area (Å²) >= 11 is 7.83. The maximum atomic E-state index is 6.25. The van der Waals surface area contributed by atoms with Crippen LogP contribution in [0.5, 0.6) is 0 Å². The summed E-state index contributed by atoms with van der Waals surface area (Å²) in [6, 6.07) is 6.48. The second kappa shape index (κ2) is 6.16. The van der Waals surface area contributed by atoms with Crippen LogP contribution in [-0.2, 0) is 24.5 Å². The summed E-state index contributed by atoms with van der Waals surface area (Å²) in [5.74, 6) is 0.824. The average molecular weight is 383 g/mol. The standard InChI is InChI=1S/C19H15ClN4OS/c1-10-14(20)6-22-19-15(10)16-17(26-19)18(24-9-23-16)21-5-11-2-3-12-7-25-8-13(12)4-11/h2-4,6,9H,5,7-8H2,1H3,(H,21,23,24). The number of aryl methyl sites for hydroxylation is 1. The van der Waals surface area contributed by atoms with E-state index >= 15 is 0 Å². The van der Waals surface area contributed by atoms with E-state index in [0.717, 1.165) is 31.8 Å². The molecule has 0 aliphatic carbocycles. The number of thiophene rings is 1. The van der Waals surface area contributed by atoms with Gasteiger partial charge in [0.25, 0.3) is 0 Å². The summed E-state index contributed by atoms with van der Waals surface area (Å²) in [5.41, 5.74) is 5.66. The summed E-state index contributed by atoms with van der Waals surface area (Å²) in [6.45, 7) is 4.11. The number of benzene rings is 1. The Hall–Kier alpha value is -2.28. The smallest absolute Gasteiger partial charge is 0.147 e. The number of nitrogens with zero attached hydrogens (tertiary/aromatic N) is 3. The minimum Gasteiger partial charge on any atom is -0.372 e. The van der Waals surface area contributed by atoms with Crippen molar-refractivity contribution in [1.29, 1.82) is 0 Å². The van der Waals surface area contributed by atoms with Crippen LogP contribution in [0.1, 0.15) is 22.3 Å². The second-order valence-corrected chi connectivity index (χ2v) is 7.77. The maximum Gasteiger partial charge on any atom is 0.147 e. The zero-order valence-electron chi connectivity index (χ0n) is 14.0. The topological polar surface area (TPSA) is 59.9 Å². The Balaban J connectivity index is 1.52. The Labute approximate surface area is 159 Å². The van der Waals surface area contributed by atoms with Crippen LogP contribution < -0.4 is 5.32 Å². The highest BCUT2D eigenvalue weighted by Gasteiger charge is 2.16. The minimum atomic E-state index is 0.658. The third kappa shape index (κ3) is 2.53. The van der Waals surface area contributed by atoms with Crippen molar-refractivity contribution >= 4 is 49.2 Å². The molecular weight excluding hydrogens is 368 g/mol. The van der Waals surface area contributed by atoms with Crippen molar-refractivity contribution in [2.45, 2.75) is 26.7 Å². The lowest BCUT2D eigenvalue weighted by atomic mass is 10.1. The average Bonchev–Trinajstić information content (AvgIpc) is 3.27. The lowest BCUT2D eigenvalue weighted by Crippen LogP contribution is -2.02. The van der Waals surface area contributed by atoms with Gasteiger partial charge >= 0.3 is 0 Å². The van der Waals surface area contributed by atoms with Crippen molar-refractivity contribution in [1.82, 2.24) is 15.0 Å². The van der Waals surface area contributed by atoms with Crippen LogP contribution in [0.25, 0.3) is 20.4 Å². The van der Waals surface area contributed by atoms with Crippen LogP contribution in [0.15, 0.2) is 30.7 Å². The number of rotatable bonds is 3. The molecule has 7 heteroatoms. The number of nitrogens with one attached hydrogen (secondary N) is 1. The van der Waals surface area contributed by atoms with E-state index in [0.29, 0.717) is 24.8 Å². The Kier molecular flexibility index (Phi) is 3.77. The van der Waals surface area contributed by atoms with Gasteiger partial charge in [0.05, 0.1) is 28.5 Å². The molecule has 0 unspecified atom stereocenters. The fourth-order valence-electron chi connectivity index (χ4n) is 3.30. The molecule has 1 aromatic carbocycles. The van der Waals surface area contributed by atoms with E-state index in [9.17, 15) is 0 Å². The molecule has 4 heterocycles. The van der Waals surface area contributed by atoms with Gasteiger partial charge in [0, 0.05) is 18.1 Å². The number of fused-ring (bicyclic) bond motifs is 4. The molecule has 0 saturated carbocycles. The van der Waals surface area contributed by atoms with E-state index in [2.05, 4.69) is 38.5 Å². The molecule has 1 N–H and O–H groups in total. The molecular formula is C19H15ClN4OS. The predicted molar refractivity (Wildman–Crippen MR) is 105 cm³/mol. The molecule has 4 aromatic rings. The maximum absolute atomic E-state index is 6.25. The van der Waals surface area contributed by atoms with Gasteiger partial charge in [0.1, 0.15) is 17.0 Å². The molecule has 3 aromatic heterocycles. The first-order chi connectivity index (χ1) is 12.7. The van der Waals surface area contributed by atoms with E-state index < -0.39 is 0 Å². The van der Waals surface area contributed by atoms with Crippen LogP contribution in [0, 0.1) is 6.92 Å². The Morgan fingerprint density at radius 1 is 1.19 bits per heavy atom. The van der Waals surface area contributed by atoms with Crippen molar-refractivity contribution in [2.75, 3.05) is 5.32 Å². The quantitative estimate of drug-likeness (QED) is 0.549. The Morgan fingerprint density at radius 2 is 2.08 bits per heavy atom. The molecule has 0 bridgehead atoms. The lowest BCUT2D eigenvalue weighted by Gasteiger charge is -2.08. The normalized spacial score (nSPS) is 13.5. The Bertz CT molecular complexity index is 1160. The number of hydrogen-bond acceptors (Lipinski definition) is 6. The summed E-state index contributed by atoms with van der Waals surface area (Å²) in [5, 5.41) is 5.12. The first kappa shape index (κ1) is 15.9. The van der Waals surface area contributed by atoms with Gasteiger partial charge in [-0.15, -0.1) is 11.3 Å². The highest BCUT2D eigenvalue weighted by Crippen LogP contribution is 2.38. The lowest BCUT2D eigenvalue weighted by molar-refractivity contribution is 0.134. The van der Waals surface area contributed by atoms with Gasteiger partial charge in [0.2, 0.25) is 0 Å². The number of hydrogen-bond donors (Lipinski definition) is 1. The predicted octanol–water partition coefficient (Wildman–Crippen LogP) is 4.84. The first-order valence-corrected chi connectivity index (χ1v) is 9.51. The van der Waals surface area contributed by atoms with Crippen molar-refractivity contribution < 1.29 is 4.74 Å². The van der Waals surface area contributed by atoms with Crippen molar-refractivity contribution in [2.24, 2.45) is 0 Å². The van der Waals surface area contributed by atoms with Crippen LogP contribution >= 0.6 is 22.9 Å². The zero-order chi connectivity index (χ0) is 17.7. The number of pyridine rings is 1. The zero-order valence-corrected chi connectivity index (χ0v) is 15.6. The number of aromatic nitrogens is 3. The van der Waals surface area contributed by atoms with E-state index in [-0.39, 0.29) is 0 Å². The monoisotopic (exact) mass is 382 g/mol. The summed E-state index contributed by atoms with van der Waals surface area (Å²) in [6.07, 6.45) is 3.29. The molecule has 0 fully saturated rings. The largest absolute Gasteiger partial charge is 0.372 e. The summed E-state index contributed by atoms with van der Waals surface area (Å²) in [4.78, 5) is 14.3. The van der Waals surface area contributed by atoms with Gasteiger partial charge in [0.15, 0.2) is 0 Å². The minimum absolute atomic E-state index is 0.658. The molecule has 5 rings (SSSR count). The van der Waals surface area contributed by atoms with Gasteiger partial charge in [-0.3, -0.25) is 0 Å². The molecule has 0 amide bonds. The van der Waals surface area contributed by atoms with Crippen LogP contribution in [0.3, 0.4) is 0 Å². The van der Waals surface area contributed by atoms with Gasteiger partial charge in [-0.25, -0.2) is 15.0 Å². The summed E-state index contributed by atoms with van der Waals surface area (Å²) < 4.78 is 6.49. The molecule has 0 atom stereocenters. The van der Waals surface area contributed by atoms with E-state index in [4.69, 9.17) is 16.3 Å². The molecule has 130 valence electrons. The van der Waals surface area contributed by atoms with Gasteiger partial charge in [-0.2, -0.15) is 0 Å². The van der Waals surface area contributed by atoms with Crippen LogP contribution in [0.2, 0.25) is 5.02 Å². The van der Waals surface area contributed by atoms with Crippen molar-refractivity contribution in [3.63, 3.8) is 0 Å². The third-order valence-electron chi connectivity index (χ3n) is 4.73. The highest BCUT2D eigenvalue weighted by atomic mass is 35.5. The third-order valence-corrected chi connectivity index (χ3v) is 6.20. The first-order valence-electron chi connectivity index (χ1n) is 8.31. The van der Waals surface area contributed by atoms with E-state index in [1.165, 1.54) is 16.7 Å². The number of halogens is 1. The number of ether oxygens (including phenoxy) is 1. The van der Waals surface area contributed by atoms with E-state index in [1.54, 1.807) is 23.9 Å². The van der Waals surface area contributed by atoms with E-state index in [1.807, 2.05) is 6.92 Å². The van der Waals surface area contributed by atoms with Crippen LogP contribution in [-0.4, -0.2) is 15.0 Å². The Morgan fingerprint density at radius 3 is 3.00 bits per heavy atom. The molecule has 26 heavy (non-hydrogen) atoms. The van der Waals surface area contributed by atoms with Gasteiger partial charge in [-0.1, -0.05) is 29.8 Å². The second-order valence-electron chi connectivity index (χ2n) is 6.36. The molecule has 0 radical (unpaired) electrons.